The third kappa shape index (κ3) is 3.89. The molecule has 0 fully saturated rings. The van der Waals surface area contributed by atoms with Gasteiger partial charge in [0, 0.05) is 25.4 Å². The number of aryl methyl sites for hydroxylation is 1. The Morgan fingerprint density at radius 1 is 1.57 bits per heavy atom. The molecule has 0 saturated heterocycles. The Bertz CT molecular complexity index is 256. The molecule has 0 amide bonds. The van der Waals surface area contributed by atoms with Gasteiger partial charge in [0.25, 0.3) is 0 Å². The quantitative estimate of drug-likeness (QED) is 0.671. The average molecular weight is 196 g/mol. The fourth-order valence-electron chi connectivity index (χ4n) is 1.47. The molecule has 0 aliphatic rings. The van der Waals surface area contributed by atoms with Crippen LogP contribution in [0.3, 0.4) is 0 Å². The molecule has 0 atom stereocenters. The van der Waals surface area contributed by atoms with Crippen LogP contribution in [-0.4, -0.2) is 41.9 Å². The predicted octanol–water partition coefficient (Wildman–Crippen LogP) is 0.461. The van der Waals surface area contributed by atoms with E-state index in [-0.39, 0.29) is 0 Å². The molecular weight excluding hydrogens is 176 g/mol. The zero-order chi connectivity index (χ0) is 10.4. The first-order valence-electron chi connectivity index (χ1n) is 5.03. The maximum atomic E-state index is 4.14. The molecule has 4 heteroatoms. The lowest BCUT2D eigenvalue weighted by molar-refractivity contribution is 0.321. The fourth-order valence-corrected chi connectivity index (χ4v) is 1.47. The van der Waals surface area contributed by atoms with E-state index in [0.717, 1.165) is 19.6 Å². The van der Waals surface area contributed by atoms with Crippen molar-refractivity contribution in [3.63, 3.8) is 0 Å². The maximum absolute atomic E-state index is 4.14. The Morgan fingerprint density at radius 3 is 2.93 bits per heavy atom. The SMILES string of the molecule is CNCCCN(C)Cc1cnn(C)c1. The molecule has 80 valence electrons. The summed E-state index contributed by atoms with van der Waals surface area (Å²) in [5, 5.41) is 7.29. The minimum absolute atomic E-state index is 0.984. The predicted molar refractivity (Wildman–Crippen MR) is 58.1 cm³/mol. The smallest absolute Gasteiger partial charge is 0.0534 e. The van der Waals surface area contributed by atoms with Crippen LogP contribution in [-0.2, 0) is 13.6 Å². The van der Waals surface area contributed by atoms with Crippen molar-refractivity contribution in [2.75, 3.05) is 27.2 Å². The Kier molecular flexibility index (Phi) is 4.62. The molecule has 0 aliphatic heterocycles. The molecule has 0 aromatic carbocycles. The monoisotopic (exact) mass is 196 g/mol. The van der Waals surface area contributed by atoms with Crippen LogP contribution in [0.4, 0.5) is 0 Å². The van der Waals surface area contributed by atoms with E-state index in [1.54, 1.807) is 0 Å². The molecule has 0 bridgehead atoms. The van der Waals surface area contributed by atoms with Crippen molar-refractivity contribution in [1.29, 1.82) is 0 Å². The lowest BCUT2D eigenvalue weighted by Crippen LogP contribution is -2.22. The number of rotatable bonds is 6. The maximum Gasteiger partial charge on any atom is 0.0534 e. The van der Waals surface area contributed by atoms with Crippen LogP contribution < -0.4 is 5.32 Å². The van der Waals surface area contributed by atoms with Crippen LogP contribution >= 0.6 is 0 Å². The molecule has 0 aliphatic carbocycles. The van der Waals surface area contributed by atoms with Gasteiger partial charge in [-0.05, 0) is 33.6 Å². The highest BCUT2D eigenvalue weighted by Gasteiger charge is 2.01. The van der Waals surface area contributed by atoms with E-state index in [1.165, 1.54) is 12.0 Å². The number of nitrogens with one attached hydrogen (secondary N) is 1. The summed E-state index contributed by atoms with van der Waals surface area (Å²) in [6.07, 6.45) is 5.18. The summed E-state index contributed by atoms with van der Waals surface area (Å²) in [5.74, 6) is 0. The van der Waals surface area contributed by atoms with E-state index in [2.05, 4.69) is 28.6 Å². The summed E-state index contributed by atoms with van der Waals surface area (Å²) in [4.78, 5) is 2.31. The van der Waals surface area contributed by atoms with E-state index in [4.69, 9.17) is 0 Å². The van der Waals surface area contributed by atoms with Crippen molar-refractivity contribution in [1.82, 2.24) is 20.0 Å². The molecular formula is C10H20N4. The van der Waals surface area contributed by atoms with Crippen LogP contribution in [0, 0.1) is 0 Å². The van der Waals surface area contributed by atoms with Crippen molar-refractivity contribution in [2.45, 2.75) is 13.0 Å². The molecule has 0 spiro atoms. The summed E-state index contributed by atoms with van der Waals surface area (Å²) in [7, 11) is 6.08. The largest absolute Gasteiger partial charge is 0.320 e. The molecule has 1 aromatic heterocycles. The zero-order valence-electron chi connectivity index (χ0n) is 9.32. The lowest BCUT2D eigenvalue weighted by atomic mass is 10.3. The van der Waals surface area contributed by atoms with Crippen LogP contribution in [0.5, 0.6) is 0 Å². The number of hydrogen-bond donors (Lipinski definition) is 1. The van der Waals surface area contributed by atoms with E-state index < -0.39 is 0 Å². The Hall–Kier alpha value is -0.870. The first-order valence-corrected chi connectivity index (χ1v) is 5.03. The summed E-state index contributed by atoms with van der Waals surface area (Å²) in [6.45, 7) is 3.19. The summed E-state index contributed by atoms with van der Waals surface area (Å²) in [5.41, 5.74) is 1.28. The van der Waals surface area contributed by atoms with Gasteiger partial charge >= 0.3 is 0 Å². The van der Waals surface area contributed by atoms with Crippen molar-refractivity contribution in [2.24, 2.45) is 7.05 Å². The molecule has 0 unspecified atom stereocenters. The molecule has 0 radical (unpaired) electrons. The molecule has 1 heterocycles. The Balaban J connectivity index is 2.23. The van der Waals surface area contributed by atoms with E-state index in [1.807, 2.05) is 25.0 Å². The third-order valence-corrected chi connectivity index (χ3v) is 2.18. The van der Waals surface area contributed by atoms with Crippen molar-refractivity contribution in [3.8, 4) is 0 Å². The number of nitrogens with zero attached hydrogens (tertiary/aromatic N) is 3. The standard InChI is InChI=1S/C10H20N4/c1-11-5-4-6-13(2)8-10-7-12-14(3)9-10/h7,9,11H,4-6,8H2,1-3H3. The summed E-state index contributed by atoms with van der Waals surface area (Å²) < 4.78 is 1.84. The van der Waals surface area contributed by atoms with E-state index >= 15 is 0 Å². The van der Waals surface area contributed by atoms with Gasteiger partial charge in [0.15, 0.2) is 0 Å². The van der Waals surface area contributed by atoms with Gasteiger partial charge in [0.2, 0.25) is 0 Å². The zero-order valence-corrected chi connectivity index (χ0v) is 9.32. The first-order chi connectivity index (χ1) is 6.72. The highest BCUT2D eigenvalue weighted by Crippen LogP contribution is 2.01. The van der Waals surface area contributed by atoms with Crippen molar-refractivity contribution >= 4 is 0 Å². The Morgan fingerprint density at radius 2 is 2.36 bits per heavy atom. The second-order valence-electron chi connectivity index (χ2n) is 3.72. The van der Waals surface area contributed by atoms with Crippen LogP contribution in [0.2, 0.25) is 0 Å². The van der Waals surface area contributed by atoms with E-state index in [9.17, 15) is 0 Å². The minimum atomic E-state index is 0.984. The molecule has 0 saturated carbocycles. The second kappa shape index (κ2) is 5.78. The van der Waals surface area contributed by atoms with Gasteiger partial charge in [-0.3, -0.25) is 4.68 Å². The van der Waals surface area contributed by atoms with Crippen molar-refractivity contribution < 1.29 is 0 Å². The summed E-state index contributed by atoms with van der Waals surface area (Å²) >= 11 is 0. The molecule has 4 nitrogen and oxygen atoms in total. The highest BCUT2D eigenvalue weighted by molar-refractivity contribution is 5.02. The molecule has 14 heavy (non-hydrogen) atoms. The van der Waals surface area contributed by atoms with Crippen LogP contribution in [0.1, 0.15) is 12.0 Å². The van der Waals surface area contributed by atoms with Gasteiger partial charge in [0.1, 0.15) is 0 Å². The Labute approximate surface area is 85.9 Å². The average Bonchev–Trinajstić information content (AvgIpc) is 2.52. The highest BCUT2D eigenvalue weighted by atomic mass is 15.2. The minimum Gasteiger partial charge on any atom is -0.320 e. The van der Waals surface area contributed by atoms with Gasteiger partial charge in [-0.1, -0.05) is 0 Å². The third-order valence-electron chi connectivity index (χ3n) is 2.18. The molecule has 1 N–H and O–H groups in total. The molecule has 1 aromatic rings. The van der Waals surface area contributed by atoms with Crippen molar-refractivity contribution in [3.05, 3.63) is 18.0 Å². The normalized spacial score (nSPS) is 11.1. The summed E-state index contributed by atoms with van der Waals surface area (Å²) in [6, 6.07) is 0. The lowest BCUT2D eigenvalue weighted by Gasteiger charge is -2.14. The topological polar surface area (TPSA) is 33.1 Å². The fraction of sp³-hybridized carbons (Fsp3) is 0.700. The van der Waals surface area contributed by atoms with Crippen LogP contribution in [0.15, 0.2) is 12.4 Å². The van der Waals surface area contributed by atoms with Gasteiger partial charge < -0.3 is 10.2 Å². The van der Waals surface area contributed by atoms with E-state index in [0.29, 0.717) is 0 Å². The number of aromatic nitrogens is 2. The number of hydrogen-bond acceptors (Lipinski definition) is 3. The van der Waals surface area contributed by atoms with Gasteiger partial charge in [-0.15, -0.1) is 0 Å². The second-order valence-corrected chi connectivity index (χ2v) is 3.72. The van der Waals surface area contributed by atoms with Gasteiger partial charge in [0.05, 0.1) is 6.20 Å². The van der Waals surface area contributed by atoms with Crippen LogP contribution in [0.25, 0.3) is 0 Å². The first kappa shape index (κ1) is 11.2. The van der Waals surface area contributed by atoms with Gasteiger partial charge in [-0.25, -0.2) is 0 Å². The molecule has 1 rings (SSSR count). The van der Waals surface area contributed by atoms with Gasteiger partial charge in [-0.2, -0.15) is 5.10 Å².